The highest BCUT2D eigenvalue weighted by Gasteiger charge is 1.93. The van der Waals surface area contributed by atoms with Crippen LogP contribution in [0, 0.1) is 0 Å². The highest BCUT2D eigenvalue weighted by molar-refractivity contribution is 5.86. The maximum Gasteiger partial charge on any atom is 0.330 e. The first-order chi connectivity index (χ1) is 5.83. The summed E-state index contributed by atoms with van der Waals surface area (Å²) in [6.45, 7) is 2.16. The third-order valence-electron chi connectivity index (χ3n) is 1.21. The van der Waals surface area contributed by atoms with E-state index in [-0.39, 0.29) is 5.97 Å². The van der Waals surface area contributed by atoms with Crippen LogP contribution in [0.5, 0.6) is 0 Å². The second kappa shape index (κ2) is 4.33. The molecule has 0 aliphatic rings. The van der Waals surface area contributed by atoms with Crippen molar-refractivity contribution < 1.29 is 9.53 Å². The first-order valence-corrected chi connectivity index (χ1v) is 3.67. The predicted octanol–water partition coefficient (Wildman–Crippen LogP) is 0.986. The van der Waals surface area contributed by atoms with E-state index in [9.17, 15) is 4.79 Å². The SMILES string of the molecule is CCOC(=O)C=Cc1ccn[nH]1. The first-order valence-electron chi connectivity index (χ1n) is 3.67. The van der Waals surface area contributed by atoms with E-state index < -0.39 is 0 Å². The smallest absolute Gasteiger partial charge is 0.330 e. The number of nitrogens with zero attached hydrogens (tertiary/aromatic N) is 1. The molecular weight excluding hydrogens is 156 g/mol. The summed E-state index contributed by atoms with van der Waals surface area (Å²) in [4.78, 5) is 10.8. The second-order valence-corrected chi connectivity index (χ2v) is 2.10. The van der Waals surface area contributed by atoms with Gasteiger partial charge in [-0.05, 0) is 19.1 Å². The number of aromatic nitrogens is 2. The van der Waals surface area contributed by atoms with Gasteiger partial charge in [0.2, 0.25) is 0 Å². The van der Waals surface area contributed by atoms with Crippen molar-refractivity contribution in [2.45, 2.75) is 6.92 Å². The van der Waals surface area contributed by atoms with Gasteiger partial charge in [-0.3, -0.25) is 5.10 Å². The number of ether oxygens (including phenoxy) is 1. The maximum absolute atomic E-state index is 10.8. The molecule has 0 amide bonds. The van der Waals surface area contributed by atoms with Gasteiger partial charge in [0.05, 0.1) is 12.3 Å². The predicted molar refractivity (Wildman–Crippen MR) is 44.3 cm³/mol. The molecule has 12 heavy (non-hydrogen) atoms. The lowest BCUT2D eigenvalue weighted by Gasteiger charge is -1.92. The Hall–Kier alpha value is -1.58. The first kappa shape index (κ1) is 8.52. The summed E-state index contributed by atoms with van der Waals surface area (Å²) in [5.74, 6) is -0.341. The molecule has 64 valence electrons. The van der Waals surface area contributed by atoms with Crippen LogP contribution in [0.1, 0.15) is 12.6 Å². The van der Waals surface area contributed by atoms with Crippen molar-refractivity contribution in [3.8, 4) is 0 Å². The Balaban J connectivity index is 2.45. The van der Waals surface area contributed by atoms with Crippen LogP contribution < -0.4 is 0 Å². The van der Waals surface area contributed by atoms with Gasteiger partial charge in [0.1, 0.15) is 0 Å². The number of nitrogens with one attached hydrogen (secondary N) is 1. The zero-order valence-electron chi connectivity index (χ0n) is 6.78. The largest absolute Gasteiger partial charge is 0.463 e. The average molecular weight is 166 g/mol. The standard InChI is InChI=1S/C8H10N2O2/c1-2-12-8(11)4-3-7-5-6-9-10-7/h3-6H,2H2,1H3,(H,9,10). The van der Waals surface area contributed by atoms with Crippen LogP contribution in [0.2, 0.25) is 0 Å². The van der Waals surface area contributed by atoms with Crippen molar-refractivity contribution in [3.05, 3.63) is 24.0 Å². The lowest BCUT2D eigenvalue weighted by molar-refractivity contribution is -0.137. The van der Waals surface area contributed by atoms with Gasteiger partial charge in [-0.15, -0.1) is 0 Å². The fourth-order valence-electron chi connectivity index (χ4n) is 0.708. The Kier molecular flexibility index (Phi) is 3.07. The minimum atomic E-state index is -0.341. The number of hydrogen-bond acceptors (Lipinski definition) is 3. The van der Waals surface area contributed by atoms with Crippen LogP contribution in [0.4, 0.5) is 0 Å². The molecule has 0 fully saturated rings. The highest BCUT2D eigenvalue weighted by Crippen LogP contribution is 1.94. The molecule has 0 spiro atoms. The van der Waals surface area contributed by atoms with Crippen molar-refractivity contribution in [3.63, 3.8) is 0 Å². The van der Waals surface area contributed by atoms with Crippen LogP contribution in [-0.2, 0) is 9.53 Å². The Morgan fingerprint density at radius 2 is 2.67 bits per heavy atom. The fourth-order valence-corrected chi connectivity index (χ4v) is 0.708. The van der Waals surface area contributed by atoms with Crippen LogP contribution in [0.3, 0.4) is 0 Å². The summed E-state index contributed by atoms with van der Waals surface area (Å²) >= 11 is 0. The molecule has 4 heteroatoms. The molecule has 0 atom stereocenters. The molecule has 0 bridgehead atoms. The van der Waals surface area contributed by atoms with E-state index in [2.05, 4.69) is 14.9 Å². The van der Waals surface area contributed by atoms with E-state index >= 15 is 0 Å². The number of aromatic amines is 1. The number of rotatable bonds is 3. The van der Waals surface area contributed by atoms with Gasteiger partial charge in [-0.25, -0.2) is 4.79 Å². The molecule has 1 heterocycles. The molecule has 0 aromatic carbocycles. The summed E-state index contributed by atoms with van der Waals surface area (Å²) in [5.41, 5.74) is 0.781. The minimum Gasteiger partial charge on any atom is -0.463 e. The summed E-state index contributed by atoms with van der Waals surface area (Å²) < 4.78 is 4.68. The van der Waals surface area contributed by atoms with E-state index in [4.69, 9.17) is 0 Å². The zero-order chi connectivity index (χ0) is 8.81. The molecule has 4 nitrogen and oxygen atoms in total. The number of esters is 1. The summed E-state index contributed by atoms with van der Waals surface area (Å²) in [6, 6.07) is 1.76. The molecule has 0 aliphatic heterocycles. The summed E-state index contributed by atoms with van der Waals surface area (Å²) in [7, 11) is 0. The second-order valence-electron chi connectivity index (χ2n) is 2.10. The summed E-state index contributed by atoms with van der Waals surface area (Å²) in [6.07, 6.45) is 4.59. The summed E-state index contributed by atoms with van der Waals surface area (Å²) in [5, 5.41) is 6.41. The van der Waals surface area contributed by atoms with Crippen molar-refractivity contribution in [2.24, 2.45) is 0 Å². The molecule has 0 saturated carbocycles. The van der Waals surface area contributed by atoms with E-state index in [1.165, 1.54) is 6.08 Å². The Morgan fingerprint density at radius 3 is 3.25 bits per heavy atom. The molecule has 0 unspecified atom stereocenters. The number of H-pyrrole nitrogens is 1. The highest BCUT2D eigenvalue weighted by atomic mass is 16.5. The Morgan fingerprint density at radius 1 is 1.83 bits per heavy atom. The van der Waals surface area contributed by atoms with E-state index in [1.807, 2.05) is 0 Å². The fraction of sp³-hybridized carbons (Fsp3) is 0.250. The van der Waals surface area contributed by atoms with Gasteiger partial charge in [0, 0.05) is 12.3 Å². The van der Waals surface area contributed by atoms with Gasteiger partial charge >= 0.3 is 5.97 Å². The van der Waals surface area contributed by atoms with E-state index in [0.717, 1.165) is 5.69 Å². The Labute approximate surface area is 70.2 Å². The lowest BCUT2D eigenvalue weighted by Crippen LogP contribution is -1.98. The molecule has 0 radical (unpaired) electrons. The molecule has 1 N–H and O–H groups in total. The van der Waals surface area contributed by atoms with Crippen molar-refractivity contribution in [1.29, 1.82) is 0 Å². The van der Waals surface area contributed by atoms with Crippen LogP contribution >= 0.6 is 0 Å². The van der Waals surface area contributed by atoms with Crippen molar-refractivity contribution >= 4 is 12.0 Å². The molecule has 1 aromatic heterocycles. The van der Waals surface area contributed by atoms with Gasteiger partial charge in [0.25, 0.3) is 0 Å². The third-order valence-corrected chi connectivity index (χ3v) is 1.21. The number of hydrogen-bond donors (Lipinski definition) is 1. The van der Waals surface area contributed by atoms with Gasteiger partial charge in [-0.2, -0.15) is 5.10 Å². The third kappa shape index (κ3) is 2.57. The monoisotopic (exact) mass is 166 g/mol. The van der Waals surface area contributed by atoms with Crippen molar-refractivity contribution in [2.75, 3.05) is 6.61 Å². The molecule has 1 rings (SSSR count). The molecular formula is C8H10N2O2. The number of carbonyl (C=O) groups excluding carboxylic acids is 1. The maximum atomic E-state index is 10.8. The van der Waals surface area contributed by atoms with Gasteiger partial charge < -0.3 is 4.74 Å². The van der Waals surface area contributed by atoms with Crippen molar-refractivity contribution in [1.82, 2.24) is 10.2 Å². The lowest BCUT2D eigenvalue weighted by atomic mass is 10.4. The topological polar surface area (TPSA) is 55.0 Å². The quantitative estimate of drug-likeness (QED) is 0.538. The normalized spacial score (nSPS) is 10.4. The molecule has 0 saturated heterocycles. The van der Waals surface area contributed by atoms with Gasteiger partial charge in [-0.1, -0.05) is 0 Å². The van der Waals surface area contributed by atoms with Crippen LogP contribution in [0.15, 0.2) is 18.3 Å². The average Bonchev–Trinajstić information content (AvgIpc) is 2.53. The van der Waals surface area contributed by atoms with E-state index in [1.54, 1.807) is 25.3 Å². The van der Waals surface area contributed by atoms with E-state index in [0.29, 0.717) is 6.61 Å². The van der Waals surface area contributed by atoms with Crippen LogP contribution in [0.25, 0.3) is 6.08 Å². The molecule has 0 aliphatic carbocycles. The minimum absolute atomic E-state index is 0.341. The van der Waals surface area contributed by atoms with Gasteiger partial charge in [0.15, 0.2) is 0 Å². The number of carbonyl (C=O) groups is 1. The Bertz CT molecular complexity index is 265. The molecule has 1 aromatic rings. The van der Waals surface area contributed by atoms with Crippen LogP contribution in [-0.4, -0.2) is 22.8 Å². The zero-order valence-corrected chi connectivity index (χ0v) is 6.78.